The van der Waals surface area contributed by atoms with Gasteiger partial charge in [-0.25, -0.2) is 4.79 Å². The van der Waals surface area contributed by atoms with Gasteiger partial charge in [0.25, 0.3) is 0 Å². The van der Waals surface area contributed by atoms with Gasteiger partial charge in [0.2, 0.25) is 0 Å². The van der Waals surface area contributed by atoms with Crippen LogP contribution in [0.25, 0.3) is 0 Å². The molecule has 0 aliphatic carbocycles. The van der Waals surface area contributed by atoms with Gasteiger partial charge in [-0.3, -0.25) is 0 Å². The van der Waals surface area contributed by atoms with Crippen molar-refractivity contribution in [2.45, 2.75) is 26.2 Å². The second kappa shape index (κ2) is 5.92. The third-order valence-corrected chi connectivity index (χ3v) is 1.48. The monoisotopic (exact) mass is 158 g/mol. The third-order valence-electron chi connectivity index (χ3n) is 1.48. The van der Waals surface area contributed by atoms with Gasteiger partial charge in [0.1, 0.15) is 0 Å². The lowest BCUT2D eigenvalue weighted by molar-refractivity contribution is -0.132. The fourth-order valence-corrected chi connectivity index (χ4v) is 0.802. The molecule has 0 aliphatic heterocycles. The Hall–Kier alpha value is -0.830. The van der Waals surface area contributed by atoms with Gasteiger partial charge < -0.3 is 10.2 Å². The highest BCUT2D eigenvalue weighted by Crippen LogP contribution is 2.06. The van der Waals surface area contributed by atoms with E-state index in [0.717, 1.165) is 6.42 Å². The highest BCUT2D eigenvalue weighted by Gasteiger charge is 2.03. The Labute approximate surface area is 66.4 Å². The maximum absolute atomic E-state index is 10.4. The van der Waals surface area contributed by atoms with Crippen LogP contribution in [0.2, 0.25) is 0 Å². The van der Waals surface area contributed by atoms with E-state index in [1.807, 2.05) is 0 Å². The molecule has 3 heteroatoms. The molecule has 0 radical (unpaired) electrons. The fourth-order valence-electron chi connectivity index (χ4n) is 0.802. The highest BCUT2D eigenvalue weighted by molar-refractivity contribution is 5.86. The van der Waals surface area contributed by atoms with E-state index in [1.165, 1.54) is 0 Å². The Bertz CT molecular complexity index is 149. The molecule has 0 amide bonds. The zero-order valence-electron chi connectivity index (χ0n) is 6.71. The predicted molar refractivity (Wildman–Crippen MR) is 42.3 cm³/mol. The van der Waals surface area contributed by atoms with E-state index in [9.17, 15) is 4.79 Å². The molecule has 11 heavy (non-hydrogen) atoms. The highest BCUT2D eigenvalue weighted by atomic mass is 16.4. The number of unbranched alkanes of at least 4 members (excludes halogenated alkanes) is 1. The first-order valence-corrected chi connectivity index (χ1v) is 3.71. The van der Waals surface area contributed by atoms with Gasteiger partial charge >= 0.3 is 5.97 Å². The van der Waals surface area contributed by atoms with Crippen LogP contribution in [0.3, 0.4) is 0 Å². The second-order valence-electron chi connectivity index (χ2n) is 2.30. The van der Waals surface area contributed by atoms with Crippen molar-refractivity contribution in [3.63, 3.8) is 0 Å². The second-order valence-corrected chi connectivity index (χ2v) is 2.30. The molecule has 3 nitrogen and oxygen atoms in total. The number of rotatable bonds is 5. The zero-order valence-corrected chi connectivity index (χ0v) is 6.71. The lowest BCUT2D eigenvalue weighted by Gasteiger charge is -1.98. The number of aliphatic carboxylic acids is 1. The van der Waals surface area contributed by atoms with Gasteiger partial charge in [-0.15, -0.1) is 0 Å². The summed E-state index contributed by atoms with van der Waals surface area (Å²) in [5, 5.41) is 17.0. The Morgan fingerprint density at radius 3 is 2.45 bits per heavy atom. The van der Waals surface area contributed by atoms with Crippen LogP contribution in [0, 0.1) is 0 Å². The number of hydrogen-bond donors (Lipinski definition) is 2. The largest absolute Gasteiger partial charge is 0.478 e. The van der Waals surface area contributed by atoms with Crippen molar-refractivity contribution in [2.75, 3.05) is 6.61 Å². The first-order chi connectivity index (χ1) is 5.22. The van der Waals surface area contributed by atoms with E-state index < -0.39 is 5.97 Å². The molecule has 0 atom stereocenters. The van der Waals surface area contributed by atoms with Crippen LogP contribution in [-0.4, -0.2) is 22.8 Å². The number of carbonyl (C=O) groups is 1. The number of carboxylic acid groups (broad SMARTS) is 1. The molecule has 0 unspecified atom stereocenters. The summed E-state index contributed by atoms with van der Waals surface area (Å²) in [6.45, 7) is 1.85. The molecule has 0 saturated carbocycles. The van der Waals surface area contributed by atoms with Crippen LogP contribution in [0.4, 0.5) is 0 Å². The number of carboxylic acids is 1. The average Bonchev–Trinajstić information content (AvgIpc) is 1.97. The summed E-state index contributed by atoms with van der Waals surface area (Å²) < 4.78 is 0. The molecule has 0 aromatic rings. The molecule has 0 aromatic carbocycles. The van der Waals surface area contributed by atoms with E-state index in [1.54, 1.807) is 13.0 Å². The summed E-state index contributed by atoms with van der Waals surface area (Å²) in [6, 6.07) is 0. The first kappa shape index (κ1) is 10.2. The number of aliphatic hydroxyl groups excluding tert-OH is 1. The van der Waals surface area contributed by atoms with Gasteiger partial charge in [-0.05, 0) is 26.2 Å². The van der Waals surface area contributed by atoms with Crippen LogP contribution in [0.15, 0.2) is 11.6 Å². The molecule has 0 spiro atoms. The van der Waals surface area contributed by atoms with E-state index >= 15 is 0 Å². The Morgan fingerprint density at radius 1 is 1.45 bits per heavy atom. The summed E-state index contributed by atoms with van der Waals surface area (Å²) >= 11 is 0. The predicted octanol–water partition coefficient (Wildman–Crippen LogP) is 1.18. The summed E-state index contributed by atoms with van der Waals surface area (Å²) in [5.74, 6) is -0.856. The summed E-state index contributed by atoms with van der Waals surface area (Å²) in [4.78, 5) is 10.4. The third kappa shape index (κ3) is 4.56. The van der Waals surface area contributed by atoms with Gasteiger partial charge in [0.15, 0.2) is 0 Å². The van der Waals surface area contributed by atoms with Crippen molar-refractivity contribution in [3.05, 3.63) is 11.6 Å². The summed E-state index contributed by atoms with van der Waals surface area (Å²) in [6.07, 6.45) is 3.55. The average molecular weight is 158 g/mol. The molecule has 0 aromatic heterocycles. The Kier molecular flexibility index (Phi) is 5.47. The van der Waals surface area contributed by atoms with Crippen molar-refractivity contribution < 1.29 is 15.0 Å². The topological polar surface area (TPSA) is 57.5 Å². The molecule has 0 rings (SSSR count). The van der Waals surface area contributed by atoms with Crippen molar-refractivity contribution in [1.82, 2.24) is 0 Å². The maximum Gasteiger partial charge on any atom is 0.331 e. The van der Waals surface area contributed by atoms with Crippen LogP contribution in [-0.2, 0) is 4.79 Å². The van der Waals surface area contributed by atoms with Gasteiger partial charge in [0.05, 0.1) is 0 Å². The summed E-state index contributed by atoms with van der Waals surface area (Å²) in [5.41, 5.74) is 0.429. The molecule has 2 N–H and O–H groups in total. The minimum Gasteiger partial charge on any atom is -0.478 e. The number of aliphatic hydroxyl groups is 1. The molecule has 0 bridgehead atoms. The van der Waals surface area contributed by atoms with E-state index in [0.29, 0.717) is 18.4 Å². The van der Waals surface area contributed by atoms with Crippen LogP contribution in [0.5, 0.6) is 0 Å². The quantitative estimate of drug-likeness (QED) is 0.466. The van der Waals surface area contributed by atoms with E-state index in [2.05, 4.69) is 0 Å². The number of allylic oxidation sites excluding steroid dienone is 1. The lowest BCUT2D eigenvalue weighted by Crippen LogP contribution is -2.00. The summed E-state index contributed by atoms with van der Waals surface area (Å²) in [7, 11) is 0. The molecule has 0 heterocycles. The molecule has 0 saturated heterocycles. The van der Waals surface area contributed by atoms with Gasteiger partial charge in [-0.1, -0.05) is 6.08 Å². The minimum absolute atomic E-state index is 0.136. The Balaban J connectivity index is 3.63. The molecular formula is C8H14O3. The van der Waals surface area contributed by atoms with E-state index in [-0.39, 0.29) is 6.61 Å². The van der Waals surface area contributed by atoms with E-state index in [4.69, 9.17) is 10.2 Å². The number of hydrogen-bond acceptors (Lipinski definition) is 2. The first-order valence-electron chi connectivity index (χ1n) is 3.71. The lowest BCUT2D eigenvalue weighted by atomic mass is 10.1. The van der Waals surface area contributed by atoms with Crippen molar-refractivity contribution in [2.24, 2.45) is 0 Å². The van der Waals surface area contributed by atoms with Crippen LogP contribution >= 0.6 is 0 Å². The maximum atomic E-state index is 10.4. The zero-order chi connectivity index (χ0) is 8.69. The fraction of sp³-hybridized carbons (Fsp3) is 0.625. The van der Waals surface area contributed by atoms with Crippen LogP contribution in [0.1, 0.15) is 26.2 Å². The molecular weight excluding hydrogens is 144 g/mol. The Morgan fingerprint density at radius 2 is 2.09 bits per heavy atom. The van der Waals surface area contributed by atoms with Crippen molar-refractivity contribution in [1.29, 1.82) is 0 Å². The smallest absolute Gasteiger partial charge is 0.331 e. The SMILES string of the molecule is CC=C(CCCCO)C(=O)O. The molecule has 0 fully saturated rings. The van der Waals surface area contributed by atoms with Gasteiger partial charge in [0, 0.05) is 12.2 Å². The molecule has 0 aliphatic rings. The van der Waals surface area contributed by atoms with Crippen molar-refractivity contribution >= 4 is 5.97 Å². The van der Waals surface area contributed by atoms with Crippen molar-refractivity contribution in [3.8, 4) is 0 Å². The molecule has 64 valence electrons. The van der Waals surface area contributed by atoms with Gasteiger partial charge in [-0.2, -0.15) is 0 Å². The normalized spacial score (nSPS) is 11.6. The minimum atomic E-state index is -0.856. The van der Waals surface area contributed by atoms with Crippen LogP contribution < -0.4 is 0 Å². The standard InChI is InChI=1S/C8H14O3/c1-2-7(8(10)11)5-3-4-6-9/h2,9H,3-6H2,1H3,(H,10,11).